The van der Waals surface area contributed by atoms with Gasteiger partial charge in [-0.05, 0) is 0 Å². The Labute approximate surface area is 108 Å². The van der Waals surface area contributed by atoms with Crippen LogP contribution in [0.15, 0.2) is 12.7 Å². The molecule has 0 aromatic carbocycles. The fraction of sp³-hybridized carbons (Fsp3) is 0.750. The zero-order valence-corrected chi connectivity index (χ0v) is 10.8. The third-order valence-electron chi connectivity index (χ3n) is 1.84. The number of carbonyl (C=O) groups excluding carboxylic acids is 1. The molecule has 0 aliphatic heterocycles. The van der Waals surface area contributed by atoms with E-state index in [1.807, 2.05) is 0 Å². The van der Waals surface area contributed by atoms with Crippen LogP contribution in [0.1, 0.15) is 6.42 Å². The number of hydrogen-bond acceptors (Lipinski definition) is 5. The van der Waals surface area contributed by atoms with Crippen LogP contribution in [0.4, 0.5) is 0 Å². The summed E-state index contributed by atoms with van der Waals surface area (Å²) in [5.74, 6) is -0.358. The monoisotopic (exact) mass is 261 g/mol. The first kappa shape index (κ1) is 17.1. The highest BCUT2D eigenvalue weighted by Crippen LogP contribution is 1.84. The van der Waals surface area contributed by atoms with Crippen LogP contribution < -0.4 is 5.73 Å². The highest BCUT2D eigenvalue weighted by atomic mass is 16.6. The highest BCUT2D eigenvalue weighted by Gasteiger charge is 1.94. The van der Waals surface area contributed by atoms with Crippen LogP contribution >= 0.6 is 0 Å². The van der Waals surface area contributed by atoms with Crippen LogP contribution in [0.2, 0.25) is 0 Å². The summed E-state index contributed by atoms with van der Waals surface area (Å²) in [6.45, 7) is 7.51. The van der Waals surface area contributed by atoms with Crippen LogP contribution in [-0.4, -0.2) is 58.8 Å². The summed E-state index contributed by atoms with van der Waals surface area (Å²) in [7, 11) is 0. The van der Waals surface area contributed by atoms with E-state index in [0.717, 1.165) is 0 Å². The lowest BCUT2D eigenvalue weighted by Crippen LogP contribution is -2.15. The van der Waals surface area contributed by atoms with E-state index in [1.54, 1.807) is 6.08 Å². The zero-order chi connectivity index (χ0) is 13.5. The fourth-order valence-corrected chi connectivity index (χ4v) is 0.999. The number of nitrogens with two attached hydrogens (primary N) is 1. The van der Waals surface area contributed by atoms with Gasteiger partial charge in [-0.2, -0.15) is 0 Å². The van der Waals surface area contributed by atoms with Crippen LogP contribution in [0.3, 0.4) is 0 Å². The van der Waals surface area contributed by atoms with E-state index in [1.165, 1.54) is 0 Å². The van der Waals surface area contributed by atoms with Gasteiger partial charge < -0.3 is 24.7 Å². The quantitative estimate of drug-likeness (QED) is 0.355. The molecule has 0 unspecified atom stereocenters. The van der Waals surface area contributed by atoms with Gasteiger partial charge in [0.05, 0.1) is 52.9 Å². The molecule has 2 N–H and O–H groups in total. The molecule has 0 aromatic rings. The van der Waals surface area contributed by atoms with Gasteiger partial charge in [-0.3, -0.25) is 4.79 Å². The molecular formula is C12H23NO5. The number of amides is 1. The second kappa shape index (κ2) is 14.1. The van der Waals surface area contributed by atoms with Crippen molar-refractivity contribution < 1.29 is 23.7 Å². The van der Waals surface area contributed by atoms with E-state index >= 15 is 0 Å². The molecule has 6 nitrogen and oxygen atoms in total. The Morgan fingerprint density at radius 2 is 1.33 bits per heavy atom. The number of rotatable bonds is 14. The third-order valence-corrected chi connectivity index (χ3v) is 1.84. The lowest BCUT2D eigenvalue weighted by atomic mass is 10.4. The minimum Gasteiger partial charge on any atom is -0.379 e. The first-order valence-corrected chi connectivity index (χ1v) is 5.97. The van der Waals surface area contributed by atoms with Gasteiger partial charge in [0.15, 0.2) is 0 Å². The molecule has 0 aromatic heterocycles. The molecule has 106 valence electrons. The second-order valence-electron chi connectivity index (χ2n) is 3.42. The van der Waals surface area contributed by atoms with Crippen LogP contribution in [0.5, 0.6) is 0 Å². The molecule has 0 heterocycles. The lowest BCUT2D eigenvalue weighted by molar-refractivity contribution is -0.119. The summed E-state index contributed by atoms with van der Waals surface area (Å²) in [5, 5.41) is 0. The van der Waals surface area contributed by atoms with Gasteiger partial charge in [-0.15, -0.1) is 6.58 Å². The topological polar surface area (TPSA) is 80.0 Å². The Bertz CT molecular complexity index is 211. The average molecular weight is 261 g/mol. The standard InChI is InChI=1S/C12H23NO5/c1-2-4-15-6-8-17-10-11-18-9-7-16-5-3-12(13)14/h2H,1,3-11H2,(H2,13,14). The zero-order valence-electron chi connectivity index (χ0n) is 10.8. The molecule has 0 spiro atoms. The summed E-state index contributed by atoms with van der Waals surface area (Å²) in [4.78, 5) is 10.4. The first-order valence-electron chi connectivity index (χ1n) is 5.97. The van der Waals surface area contributed by atoms with Gasteiger partial charge >= 0.3 is 0 Å². The number of primary amides is 1. The van der Waals surface area contributed by atoms with Crippen molar-refractivity contribution in [1.82, 2.24) is 0 Å². The van der Waals surface area contributed by atoms with Gasteiger partial charge in [0, 0.05) is 6.42 Å². The Morgan fingerprint density at radius 3 is 1.78 bits per heavy atom. The number of carbonyl (C=O) groups is 1. The maximum atomic E-state index is 10.4. The normalized spacial score (nSPS) is 10.4. The van der Waals surface area contributed by atoms with Crippen molar-refractivity contribution >= 4 is 5.91 Å². The van der Waals surface area contributed by atoms with E-state index in [4.69, 9.17) is 24.7 Å². The van der Waals surface area contributed by atoms with E-state index in [0.29, 0.717) is 52.9 Å². The summed E-state index contributed by atoms with van der Waals surface area (Å²) < 4.78 is 20.8. The van der Waals surface area contributed by atoms with Gasteiger partial charge in [-0.25, -0.2) is 0 Å². The van der Waals surface area contributed by atoms with Crippen molar-refractivity contribution in [3.8, 4) is 0 Å². The molecule has 0 radical (unpaired) electrons. The maximum absolute atomic E-state index is 10.4. The number of ether oxygens (including phenoxy) is 4. The molecule has 18 heavy (non-hydrogen) atoms. The van der Waals surface area contributed by atoms with Crippen LogP contribution in [0, 0.1) is 0 Å². The molecule has 0 fully saturated rings. The Morgan fingerprint density at radius 1 is 0.889 bits per heavy atom. The molecule has 0 aliphatic rings. The summed E-state index contributed by atoms with van der Waals surface area (Å²) in [6.07, 6.45) is 1.94. The van der Waals surface area contributed by atoms with Gasteiger partial charge in [0.25, 0.3) is 0 Å². The molecule has 0 rings (SSSR count). The van der Waals surface area contributed by atoms with Crippen molar-refractivity contribution in [3.63, 3.8) is 0 Å². The van der Waals surface area contributed by atoms with Gasteiger partial charge in [0.1, 0.15) is 0 Å². The van der Waals surface area contributed by atoms with Crippen molar-refractivity contribution in [2.75, 3.05) is 52.9 Å². The van der Waals surface area contributed by atoms with E-state index in [9.17, 15) is 4.79 Å². The van der Waals surface area contributed by atoms with Crippen molar-refractivity contribution in [1.29, 1.82) is 0 Å². The van der Waals surface area contributed by atoms with Crippen LogP contribution in [-0.2, 0) is 23.7 Å². The smallest absolute Gasteiger partial charge is 0.219 e. The molecule has 0 saturated heterocycles. The van der Waals surface area contributed by atoms with Crippen molar-refractivity contribution in [3.05, 3.63) is 12.7 Å². The van der Waals surface area contributed by atoms with Crippen molar-refractivity contribution in [2.24, 2.45) is 5.73 Å². The molecule has 6 heteroatoms. The van der Waals surface area contributed by atoms with Gasteiger partial charge in [0.2, 0.25) is 5.91 Å². The van der Waals surface area contributed by atoms with E-state index < -0.39 is 0 Å². The predicted octanol–water partition coefficient (Wildman–Crippen LogP) is 0.114. The molecular weight excluding hydrogens is 238 g/mol. The first-order chi connectivity index (χ1) is 8.77. The fourth-order valence-electron chi connectivity index (χ4n) is 0.999. The summed E-state index contributed by atoms with van der Waals surface area (Å²) in [5.41, 5.74) is 4.95. The minimum absolute atomic E-state index is 0.244. The van der Waals surface area contributed by atoms with E-state index in [-0.39, 0.29) is 12.3 Å². The molecule has 0 bridgehead atoms. The Hall–Kier alpha value is -0.950. The van der Waals surface area contributed by atoms with Crippen LogP contribution in [0.25, 0.3) is 0 Å². The average Bonchev–Trinajstić information content (AvgIpc) is 2.34. The summed E-state index contributed by atoms with van der Waals surface area (Å²) in [6, 6.07) is 0. The molecule has 0 saturated carbocycles. The molecule has 1 amide bonds. The van der Waals surface area contributed by atoms with Crippen molar-refractivity contribution in [2.45, 2.75) is 6.42 Å². The minimum atomic E-state index is -0.358. The highest BCUT2D eigenvalue weighted by molar-refractivity contribution is 5.73. The Kier molecular flexibility index (Phi) is 13.4. The molecule has 0 atom stereocenters. The molecule has 0 aliphatic carbocycles. The summed E-state index contributed by atoms with van der Waals surface area (Å²) >= 11 is 0. The Balaban J connectivity index is 2.94. The van der Waals surface area contributed by atoms with E-state index in [2.05, 4.69) is 6.58 Å². The van der Waals surface area contributed by atoms with Gasteiger partial charge in [-0.1, -0.05) is 6.08 Å². The lowest BCUT2D eigenvalue weighted by Gasteiger charge is -2.06. The maximum Gasteiger partial charge on any atom is 0.219 e. The SMILES string of the molecule is C=CCOCCOCCOCCOCCC(N)=O. The second-order valence-corrected chi connectivity index (χ2v) is 3.42. The predicted molar refractivity (Wildman–Crippen MR) is 67.3 cm³/mol. The largest absolute Gasteiger partial charge is 0.379 e. The third kappa shape index (κ3) is 15.0. The number of hydrogen-bond donors (Lipinski definition) is 1.